The van der Waals surface area contributed by atoms with Crippen molar-refractivity contribution in [2.75, 3.05) is 0 Å². The Hall–Kier alpha value is -2.96. The molecular weight excluding hydrogens is 286 g/mol. The van der Waals surface area contributed by atoms with Crippen molar-refractivity contribution in [3.05, 3.63) is 42.0 Å². The van der Waals surface area contributed by atoms with Crippen molar-refractivity contribution in [3.63, 3.8) is 0 Å². The van der Waals surface area contributed by atoms with Gasteiger partial charge in [0.2, 0.25) is 0 Å². The Kier molecular flexibility index (Phi) is 3.69. The second-order valence-corrected chi connectivity index (χ2v) is 4.61. The number of hydrogen-bond acceptors (Lipinski definition) is 7. The maximum atomic E-state index is 10.8. The number of carbonyl (C=O) groups is 1. The Balaban J connectivity index is 1.95. The van der Waals surface area contributed by atoms with Crippen LogP contribution in [0.2, 0.25) is 0 Å². The molecule has 22 heavy (non-hydrogen) atoms. The lowest BCUT2D eigenvalue weighted by Crippen LogP contribution is -1.98. The molecule has 0 aliphatic rings. The third kappa shape index (κ3) is 2.73. The summed E-state index contributed by atoms with van der Waals surface area (Å²) in [4.78, 5) is 10.8. The molecule has 0 aliphatic heterocycles. The van der Waals surface area contributed by atoms with Crippen LogP contribution in [-0.4, -0.2) is 21.3 Å². The predicted octanol–water partition coefficient (Wildman–Crippen LogP) is 2.76. The first-order chi connectivity index (χ1) is 10.6. The first-order valence-corrected chi connectivity index (χ1v) is 6.63. The van der Waals surface area contributed by atoms with E-state index in [4.69, 9.17) is 13.7 Å². The van der Waals surface area contributed by atoms with Crippen LogP contribution in [-0.2, 0) is 16.1 Å². The summed E-state index contributed by atoms with van der Waals surface area (Å²) in [6, 6.07) is 9.56. The van der Waals surface area contributed by atoms with Crippen molar-refractivity contribution < 1.29 is 18.5 Å². The van der Waals surface area contributed by atoms with E-state index >= 15 is 0 Å². The van der Waals surface area contributed by atoms with Crippen LogP contribution in [0.5, 0.6) is 0 Å². The van der Waals surface area contributed by atoms with Gasteiger partial charge in [-0.05, 0) is 6.92 Å². The predicted molar refractivity (Wildman–Crippen MR) is 75.4 cm³/mol. The Morgan fingerprint density at radius 1 is 1.23 bits per heavy atom. The maximum Gasteiger partial charge on any atom is 0.303 e. The van der Waals surface area contributed by atoms with E-state index < -0.39 is 5.97 Å². The molecule has 0 atom stereocenters. The summed E-state index contributed by atoms with van der Waals surface area (Å²) < 4.78 is 15.6. The highest BCUT2D eigenvalue weighted by atomic mass is 16.5. The minimum atomic E-state index is -0.411. The number of aryl methyl sites for hydroxylation is 1. The summed E-state index contributed by atoms with van der Waals surface area (Å²) in [6.07, 6.45) is 0. The van der Waals surface area contributed by atoms with Gasteiger partial charge in [-0.2, -0.15) is 0 Å². The Morgan fingerprint density at radius 3 is 2.73 bits per heavy atom. The summed E-state index contributed by atoms with van der Waals surface area (Å²) in [5.74, 6) is 0.650. The van der Waals surface area contributed by atoms with E-state index in [9.17, 15) is 4.79 Å². The molecule has 0 spiro atoms. The number of ether oxygens (including phenoxy) is 1. The molecule has 1 aromatic carbocycles. The molecule has 0 amide bonds. The van der Waals surface area contributed by atoms with Gasteiger partial charge in [-0.15, -0.1) is 10.2 Å². The normalized spacial score (nSPS) is 10.6. The van der Waals surface area contributed by atoms with E-state index in [0.29, 0.717) is 17.0 Å². The zero-order valence-electron chi connectivity index (χ0n) is 12.1. The van der Waals surface area contributed by atoms with Crippen molar-refractivity contribution in [3.8, 4) is 22.7 Å². The van der Waals surface area contributed by atoms with Crippen LogP contribution in [0.4, 0.5) is 0 Å². The second-order valence-electron chi connectivity index (χ2n) is 4.61. The summed E-state index contributed by atoms with van der Waals surface area (Å²) in [6.45, 7) is 3.02. The fraction of sp³-hybridized carbons (Fsp3) is 0.200. The van der Waals surface area contributed by atoms with E-state index in [-0.39, 0.29) is 18.4 Å². The minimum Gasteiger partial charge on any atom is -0.456 e. The Morgan fingerprint density at radius 2 is 2.00 bits per heavy atom. The third-order valence-electron chi connectivity index (χ3n) is 2.99. The number of esters is 1. The zero-order valence-corrected chi connectivity index (χ0v) is 12.1. The largest absolute Gasteiger partial charge is 0.456 e. The minimum absolute atomic E-state index is 0.0622. The highest BCUT2D eigenvalue weighted by molar-refractivity contribution is 5.77. The molecule has 0 N–H and O–H groups in total. The average molecular weight is 299 g/mol. The highest BCUT2D eigenvalue weighted by Crippen LogP contribution is 2.33. The number of hydrogen-bond donors (Lipinski definition) is 0. The SMILES string of the molecule is CC(=O)OCc1nnc(-c2c(-c3ccccc3)noc2C)o1. The molecule has 0 fully saturated rings. The van der Waals surface area contributed by atoms with Crippen LogP contribution in [0.3, 0.4) is 0 Å². The van der Waals surface area contributed by atoms with Gasteiger partial charge in [0.1, 0.15) is 17.0 Å². The monoisotopic (exact) mass is 299 g/mol. The molecule has 2 aromatic heterocycles. The number of rotatable bonds is 4. The van der Waals surface area contributed by atoms with Gasteiger partial charge in [-0.1, -0.05) is 35.5 Å². The van der Waals surface area contributed by atoms with Gasteiger partial charge < -0.3 is 13.7 Å². The molecule has 0 saturated carbocycles. The number of nitrogens with zero attached hydrogens (tertiary/aromatic N) is 3. The first kappa shape index (κ1) is 14.0. The van der Waals surface area contributed by atoms with Crippen LogP contribution in [0.1, 0.15) is 18.6 Å². The first-order valence-electron chi connectivity index (χ1n) is 6.63. The lowest BCUT2D eigenvalue weighted by Gasteiger charge is -1.98. The Labute approximate surface area is 125 Å². The third-order valence-corrected chi connectivity index (χ3v) is 2.99. The van der Waals surface area contributed by atoms with Crippen LogP contribution >= 0.6 is 0 Å². The lowest BCUT2D eigenvalue weighted by atomic mass is 10.1. The number of benzene rings is 1. The van der Waals surface area contributed by atoms with Gasteiger partial charge in [0, 0.05) is 12.5 Å². The van der Waals surface area contributed by atoms with Crippen LogP contribution in [0.15, 0.2) is 39.3 Å². The molecule has 0 radical (unpaired) electrons. The quantitative estimate of drug-likeness (QED) is 0.684. The maximum absolute atomic E-state index is 10.8. The average Bonchev–Trinajstić information content (AvgIpc) is 3.12. The molecule has 112 valence electrons. The smallest absolute Gasteiger partial charge is 0.303 e. The molecule has 2 heterocycles. The lowest BCUT2D eigenvalue weighted by molar-refractivity contribution is -0.142. The van der Waals surface area contributed by atoms with Gasteiger partial charge >= 0.3 is 5.97 Å². The standard InChI is InChI=1S/C15H13N3O4/c1-9-13(14(18-22-9)11-6-4-3-5-7-11)15-17-16-12(21-15)8-20-10(2)19/h3-7H,8H2,1-2H3. The highest BCUT2D eigenvalue weighted by Gasteiger charge is 2.22. The van der Waals surface area contributed by atoms with E-state index in [1.807, 2.05) is 30.3 Å². The molecule has 0 aliphatic carbocycles. The molecule has 3 aromatic rings. The molecule has 7 heteroatoms. The fourth-order valence-electron chi connectivity index (χ4n) is 1.99. The van der Waals surface area contributed by atoms with Gasteiger partial charge in [0.05, 0.1) is 0 Å². The molecule has 0 unspecified atom stereocenters. The van der Waals surface area contributed by atoms with E-state index in [1.165, 1.54) is 6.92 Å². The zero-order chi connectivity index (χ0) is 15.5. The van der Waals surface area contributed by atoms with E-state index in [1.54, 1.807) is 6.92 Å². The van der Waals surface area contributed by atoms with Gasteiger partial charge in [-0.25, -0.2) is 0 Å². The van der Waals surface area contributed by atoms with Crippen LogP contribution in [0, 0.1) is 6.92 Å². The number of carbonyl (C=O) groups excluding carboxylic acids is 1. The van der Waals surface area contributed by atoms with E-state index in [0.717, 1.165) is 5.56 Å². The van der Waals surface area contributed by atoms with Gasteiger partial charge in [0.15, 0.2) is 6.61 Å². The molecule has 7 nitrogen and oxygen atoms in total. The summed E-state index contributed by atoms with van der Waals surface area (Å²) >= 11 is 0. The molecule has 3 rings (SSSR count). The summed E-state index contributed by atoms with van der Waals surface area (Å²) in [7, 11) is 0. The van der Waals surface area contributed by atoms with Gasteiger partial charge in [-0.3, -0.25) is 4.79 Å². The summed E-state index contributed by atoms with van der Waals surface area (Å²) in [5, 5.41) is 11.9. The van der Waals surface area contributed by atoms with Crippen LogP contribution < -0.4 is 0 Å². The van der Waals surface area contributed by atoms with E-state index in [2.05, 4.69) is 15.4 Å². The van der Waals surface area contributed by atoms with Crippen LogP contribution in [0.25, 0.3) is 22.7 Å². The van der Waals surface area contributed by atoms with Crippen molar-refractivity contribution in [1.29, 1.82) is 0 Å². The van der Waals surface area contributed by atoms with Crippen molar-refractivity contribution >= 4 is 5.97 Å². The topological polar surface area (TPSA) is 91.2 Å². The molecule has 0 bridgehead atoms. The fourth-order valence-corrected chi connectivity index (χ4v) is 1.99. The Bertz CT molecular complexity index is 792. The summed E-state index contributed by atoms with van der Waals surface area (Å²) in [5.41, 5.74) is 2.14. The molecule has 0 saturated heterocycles. The molecular formula is C15H13N3O4. The second kappa shape index (κ2) is 5.80. The van der Waals surface area contributed by atoms with Crippen molar-refractivity contribution in [2.24, 2.45) is 0 Å². The van der Waals surface area contributed by atoms with Gasteiger partial charge in [0.25, 0.3) is 11.8 Å². The number of aromatic nitrogens is 3. The van der Waals surface area contributed by atoms with Crippen molar-refractivity contribution in [1.82, 2.24) is 15.4 Å². The van der Waals surface area contributed by atoms with Crippen molar-refractivity contribution in [2.45, 2.75) is 20.5 Å².